The Bertz CT molecular complexity index is 361. The molecule has 0 heterocycles. The quantitative estimate of drug-likeness (QED) is 0.104. The van der Waals surface area contributed by atoms with E-state index in [0.29, 0.717) is 0 Å². The fraction of sp³-hybridized carbons (Fsp3) is 0.933. The molecule has 0 bridgehead atoms. The van der Waals surface area contributed by atoms with Gasteiger partial charge in [0.2, 0.25) is 0 Å². The Morgan fingerprint density at radius 2 is 1.25 bits per heavy atom. The number of hydrogen-bond acceptors (Lipinski definition) is 0. The Hall–Kier alpha value is 2.45. The van der Waals surface area contributed by atoms with Gasteiger partial charge in [-0.05, 0) is 12.8 Å². The van der Waals surface area contributed by atoms with Gasteiger partial charge in [-0.15, -0.1) is 0 Å². The summed E-state index contributed by atoms with van der Waals surface area (Å²) in [5.74, 6) is 0. The molecule has 0 N–H and O–H groups in total. The van der Waals surface area contributed by atoms with Crippen molar-refractivity contribution in [3.05, 3.63) is 0 Å². The summed E-state index contributed by atoms with van der Waals surface area (Å²) in [6.45, 7) is 14.5. The number of rotatable bonds is 10. The Morgan fingerprint density at radius 1 is 0.792 bits per heavy atom. The molecule has 0 fully saturated rings. The Balaban J connectivity index is 0. The van der Waals surface area contributed by atoms with Gasteiger partial charge in [0.1, 0.15) is 19.3 Å². The van der Waals surface area contributed by atoms with E-state index in [1.807, 2.05) is 0 Å². The summed E-state index contributed by atoms with van der Waals surface area (Å²) in [4.78, 5) is 0. The summed E-state index contributed by atoms with van der Waals surface area (Å²) < 4.78 is 2.57. The molecule has 1 nitrogen and oxygen atoms in total. The van der Waals surface area contributed by atoms with Gasteiger partial charge in [-0.25, -0.2) is 4.58 Å². The molecule has 0 radical (unpaired) electrons. The van der Waals surface area contributed by atoms with Gasteiger partial charge >= 0.3 is 62.1 Å². The Kier molecular flexibility index (Phi) is 13.7. The van der Waals surface area contributed by atoms with Crippen molar-refractivity contribution in [2.45, 2.75) is 78.1 Å². The van der Waals surface area contributed by atoms with Crippen LogP contribution in [-0.4, -0.2) is 41.1 Å². The third kappa shape index (κ3) is 39.5. The van der Waals surface area contributed by atoms with Crippen LogP contribution in [0.1, 0.15) is 52.4 Å². The summed E-state index contributed by atoms with van der Waals surface area (Å²) in [6, 6.07) is 1.49. The first-order valence-electron chi connectivity index (χ1n) is 8.58. The van der Waals surface area contributed by atoms with Crippen LogP contribution in [0.25, 0.3) is 0 Å². The van der Waals surface area contributed by atoms with Crippen molar-refractivity contribution in [1.29, 1.82) is 0 Å². The van der Waals surface area contributed by atoms with Crippen LogP contribution < -0.4 is 0 Å². The molecular formula is C15H34Cl6NSbSi. The molecule has 24 heavy (non-hydrogen) atoms. The van der Waals surface area contributed by atoms with Gasteiger partial charge in [0.25, 0.3) is 0 Å². The number of hydrogen-bond donors (Lipinski definition) is 0. The summed E-state index contributed by atoms with van der Waals surface area (Å²) in [6.07, 6.45) is 10.4. The van der Waals surface area contributed by atoms with Crippen molar-refractivity contribution >= 4 is 76.4 Å². The van der Waals surface area contributed by atoms with Crippen molar-refractivity contribution in [3.63, 3.8) is 0 Å². The number of unbranched alkanes of at least 4 members (excludes halogenated alkanes) is 3. The SMILES string of the molecule is CCCC=[N+](CCCC)CCCC[Si](C)(C)C.[Cl][Sb-]([Cl])([Cl])([Cl])([Cl])[Cl]. The summed E-state index contributed by atoms with van der Waals surface area (Å²) in [5, 5.41) is 0. The average molecular weight is 591 g/mol. The second kappa shape index (κ2) is 11.4. The first-order valence-corrected chi connectivity index (χ1v) is 31.7. The van der Waals surface area contributed by atoms with E-state index >= 15 is 0 Å². The van der Waals surface area contributed by atoms with E-state index in [4.69, 9.17) is 53.0 Å². The predicted molar refractivity (Wildman–Crippen MR) is 124 cm³/mol. The van der Waals surface area contributed by atoms with E-state index in [0.717, 1.165) is 0 Å². The van der Waals surface area contributed by atoms with E-state index in [9.17, 15) is 0 Å². The third-order valence-electron chi connectivity index (χ3n) is 3.10. The summed E-state index contributed by atoms with van der Waals surface area (Å²) in [7, 11) is 24.2. The van der Waals surface area contributed by atoms with Crippen molar-refractivity contribution in [1.82, 2.24) is 0 Å². The van der Waals surface area contributed by atoms with Crippen molar-refractivity contribution in [2.24, 2.45) is 0 Å². The van der Waals surface area contributed by atoms with Gasteiger partial charge in [-0.1, -0.05) is 46.0 Å². The second-order valence-corrected chi connectivity index (χ2v) is 69.9. The molecule has 0 saturated carbocycles. The molecule has 0 rings (SSSR count). The van der Waals surface area contributed by atoms with Crippen LogP contribution in [0.5, 0.6) is 0 Å². The molecule has 0 saturated heterocycles. The van der Waals surface area contributed by atoms with E-state index in [1.54, 1.807) is 0 Å². The van der Waals surface area contributed by atoms with Gasteiger partial charge in [0.05, 0.1) is 0 Å². The fourth-order valence-electron chi connectivity index (χ4n) is 1.94. The molecule has 0 atom stereocenters. The zero-order valence-corrected chi connectivity index (χ0v) is 23.7. The normalized spacial score (nSPS) is 16.0. The zero-order valence-electron chi connectivity index (χ0n) is 15.6. The van der Waals surface area contributed by atoms with Crippen LogP contribution in [0.4, 0.5) is 0 Å². The molecule has 150 valence electrons. The third-order valence-corrected chi connectivity index (χ3v) is 4.95. The van der Waals surface area contributed by atoms with E-state index < -0.39 is 17.2 Å². The van der Waals surface area contributed by atoms with Crippen LogP contribution in [0, 0.1) is 0 Å². The van der Waals surface area contributed by atoms with Crippen molar-refractivity contribution < 1.29 is 4.58 Å². The fourth-order valence-corrected chi connectivity index (χ4v) is 3.25. The number of halogens is 6. The predicted octanol–water partition coefficient (Wildman–Crippen LogP) is 8.54. The minimum atomic E-state index is -5.42. The van der Waals surface area contributed by atoms with Crippen LogP contribution in [0.2, 0.25) is 25.7 Å². The molecule has 0 aliphatic carbocycles. The van der Waals surface area contributed by atoms with Gasteiger partial charge in [0.15, 0.2) is 0 Å². The first-order chi connectivity index (χ1) is 10.4. The molecule has 9 heteroatoms. The minimum absolute atomic E-state index is 0.809. The molecule has 0 aromatic heterocycles. The summed E-state index contributed by atoms with van der Waals surface area (Å²) >= 11 is 0. The summed E-state index contributed by atoms with van der Waals surface area (Å²) in [5.41, 5.74) is 0. The molecule has 0 amide bonds. The first kappa shape index (κ1) is 28.7. The van der Waals surface area contributed by atoms with Crippen LogP contribution in [0.3, 0.4) is 0 Å². The molecule has 0 aliphatic rings. The monoisotopic (exact) mass is 587 g/mol. The Labute approximate surface area is 170 Å². The molecule has 0 unspecified atom stereocenters. The molecule has 0 aliphatic heterocycles. The zero-order chi connectivity index (χ0) is 19.6. The van der Waals surface area contributed by atoms with Crippen LogP contribution >= 0.6 is 53.0 Å². The van der Waals surface area contributed by atoms with Crippen molar-refractivity contribution in [3.8, 4) is 0 Å². The van der Waals surface area contributed by atoms with E-state index in [2.05, 4.69) is 44.3 Å². The number of nitrogens with zero attached hydrogens (tertiary/aromatic N) is 1. The van der Waals surface area contributed by atoms with Gasteiger partial charge in [-0.3, -0.25) is 0 Å². The standard InChI is InChI=1S/C15H34NSi.6ClH.Sb/c1-6-8-12-16(13-9-7-2)14-10-11-15-17(3,4)5;;;;;;;/h12H,6-11,13-15H2,1-5H3;6*1H;/q+1;;;;;;;+5/p-6. The van der Waals surface area contributed by atoms with E-state index in [-0.39, 0.29) is 0 Å². The Morgan fingerprint density at radius 3 is 1.62 bits per heavy atom. The maximum atomic E-state index is 5.06. The maximum absolute atomic E-state index is 5.42. The van der Waals surface area contributed by atoms with Gasteiger partial charge in [0, 0.05) is 27.3 Å². The molecule has 0 spiro atoms. The van der Waals surface area contributed by atoms with Gasteiger partial charge < -0.3 is 0 Å². The van der Waals surface area contributed by atoms with Crippen LogP contribution in [0.15, 0.2) is 0 Å². The van der Waals surface area contributed by atoms with Gasteiger partial charge in [-0.2, -0.15) is 0 Å². The average Bonchev–Trinajstić information content (AvgIpc) is 2.31. The van der Waals surface area contributed by atoms with Crippen LogP contribution in [-0.2, 0) is 0 Å². The van der Waals surface area contributed by atoms with Crippen molar-refractivity contribution in [2.75, 3.05) is 13.1 Å². The molecule has 0 aromatic carbocycles. The van der Waals surface area contributed by atoms with E-state index in [1.165, 1.54) is 57.7 Å². The topological polar surface area (TPSA) is 3.01 Å². The molecular weight excluding hydrogens is 557 g/mol. The second-order valence-electron chi connectivity index (χ2n) is 7.34. The molecule has 0 aromatic rings.